The summed E-state index contributed by atoms with van der Waals surface area (Å²) in [6.45, 7) is -1.53. The molecule has 1 atom stereocenters. The number of carbonyl (C=O) groups excluding carboxylic acids is 1. The number of amides is 1. The highest BCUT2D eigenvalue weighted by molar-refractivity contribution is 6.24. The van der Waals surface area contributed by atoms with Gasteiger partial charge in [-0.25, -0.2) is 9.97 Å². The number of aromatic amines is 1. The van der Waals surface area contributed by atoms with Crippen LogP contribution in [0, 0.1) is 0 Å². The summed E-state index contributed by atoms with van der Waals surface area (Å²) >= 11 is 0. The van der Waals surface area contributed by atoms with E-state index in [1.807, 2.05) is 7.05 Å². The number of nitrogens with two attached hydrogens (primary N) is 1. The average molecular weight is 510 g/mol. The van der Waals surface area contributed by atoms with Gasteiger partial charge in [0.15, 0.2) is 5.82 Å². The molecule has 4 N–H and O–H groups in total. The Bertz CT molecular complexity index is 1430. The summed E-state index contributed by atoms with van der Waals surface area (Å²) in [5.74, 6) is -0.537. The maximum absolute atomic E-state index is 13.3. The number of rotatable bonds is 8. The molecule has 0 bridgehead atoms. The van der Waals surface area contributed by atoms with Crippen molar-refractivity contribution in [2.24, 2.45) is 5.73 Å². The second-order valence-electron chi connectivity index (χ2n) is 8.68. The number of benzene rings is 1. The van der Waals surface area contributed by atoms with Gasteiger partial charge in [0.05, 0.1) is 29.5 Å². The van der Waals surface area contributed by atoms with Gasteiger partial charge in [-0.05, 0) is 38.6 Å². The van der Waals surface area contributed by atoms with Crippen molar-refractivity contribution in [2.75, 3.05) is 18.9 Å². The number of hydrogen-bond acceptors (Lipinski definition) is 8. The minimum Gasteiger partial charge on any atom is -0.434 e. The smallest absolute Gasteiger partial charge is 0.387 e. The van der Waals surface area contributed by atoms with E-state index in [4.69, 9.17) is 10.5 Å². The number of likely N-dealkylation sites (N-methyl/N-ethyl adjacent to an activating group) is 1. The van der Waals surface area contributed by atoms with E-state index in [9.17, 15) is 13.6 Å². The second kappa shape index (κ2) is 10.3. The van der Waals surface area contributed by atoms with Crippen LogP contribution in [-0.2, 0) is 11.3 Å². The summed E-state index contributed by atoms with van der Waals surface area (Å²) in [7, 11) is 2.05. The number of nitrogens with one attached hydrogen (secondary N) is 2. The van der Waals surface area contributed by atoms with Gasteiger partial charge in [0, 0.05) is 47.8 Å². The van der Waals surface area contributed by atoms with Crippen molar-refractivity contribution in [1.82, 2.24) is 34.8 Å². The fourth-order valence-electron chi connectivity index (χ4n) is 4.46. The van der Waals surface area contributed by atoms with E-state index in [1.165, 1.54) is 18.5 Å². The maximum atomic E-state index is 13.3. The summed E-state index contributed by atoms with van der Waals surface area (Å²) in [6, 6.07) is 4.94. The Kier molecular flexibility index (Phi) is 6.77. The minimum absolute atomic E-state index is 0.0455. The van der Waals surface area contributed by atoms with Crippen LogP contribution in [0.3, 0.4) is 0 Å². The highest BCUT2D eigenvalue weighted by Crippen LogP contribution is 2.38. The highest BCUT2D eigenvalue weighted by Gasteiger charge is 2.26. The molecule has 4 heterocycles. The first-order valence-electron chi connectivity index (χ1n) is 11.6. The lowest BCUT2D eigenvalue weighted by Gasteiger charge is -2.18. The van der Waals surface area contributed by atoms with Crippen LogP contribution >= 0.6 is 0 Å². The molecule has 1 aliphatic heterocycles. The number of aromatic nitrogens is 6. The van der Waals surface area contributed by atoms with E-state index in [0.717, 1.165) is 25.6 Å². The fourth-order valence-corrected chi connectivity index (χ4v) is 4.46. The van der Waals surface area contributed by atoms with Crippen LogP contribution in [0.1, 0.15) is 18.7 Å². The quantitative estimate of drug-likeness (QED) is 0.308. The number of hydrogen-bond donors (Lipinski definition) is 3. The largest absolute Gasteiger partial charge is 0.434 e. The summed E-state index contributed by atoms with van der Waals surface area (Å²) in [6.07, 6.45) is 9.42. The number of halogens is 2. The number of ether oxygens (including phenoxy) is 1. The predicted molar refractivity (Wildman–Crippen MR) is 132 cm³/mol. The molecule has 3 aromatic heterocycles. The van der Waals surface area contributed by atoms with Crippen molar-refractivity contribution in [2.45, 2.75) is 32.0 Å². The lowest BCUT2D eigenvalue weighted by Crippen LogP contribution is -2.29. The topological polar surface area (TPSA) is 140 Å². The van der Waals surface area contributed by atoms with Crippen LogP contribution in [0.15, 0.2) is 49.2 Å². The minimum atomic E-state index is -3.06. The molecule has 0 aliphatic carbocycles. The molecule has 1 amide bonds. The first-order valence-corrected chi connectivity index (χ1v) is 11.6. The first kappa shape index (κ1) is 24.3. The van der Waals surface area contributed by atoms with Crippen LogP contribution in [0.2, 0.25) is 0 Å². The standard InChI is InChI=1S/C24H25F2N9O2/c1-34-7-2-4-15(34)12-35-13-19(31-23(36)17(10-27)22-28-5-3-6-29-22)21(33-35)16-8-14-11-30-32-18(14)9-20(16)37-24(25)26/h3,5-6,8-11,13,15,24H,2,4,7,12,27H2,1H3,(H,30,32)(H,31,36)/t15-/m1/s1. The van der Waals surface area contributed by atoms with E-state index in [-0.39, 0.29) is 34.4 Å². The molecule has 0 spiro atoms. The number of fused-ring (bicyclic) bond motifs is 1. The van der Waals surface area contributed by atoms with Gasteiger partial charge >= 0.3 is 6.61 Å². The number of H-pyrrole nitrogens is 1. The zero-order chi connectivity index (χ0) is 25.9. The molecule has 11 nitrogen and oxygen atoms in total. The van der Waals surface area contributed by atoms with Crippen LogP contribution < -0.4 is 15.8 Å². The zero-order valence-corrected chi connectivity index (χ0v) is 19.9. The van der Waals surface area contributed by atoms with Gasteiger partial charge in [0.25, 0.3) is 5.91 Å². The number of anilines is 1. The maximum Gasteiger partial charge on any atom is 0.387 e. The van der Waals surface area contributed by atoms with E-state index < -0.39 is 12.5 Å². The van der Waals surface area contributed by atoms with Crippen LogP contribution in [0.5, 0.6) is 5.75 Å². The van der Waals surface area contributed by atoms with Crippen molar-refractivity contribution in [3.63, 3.8) is 0 Å². The normalized spacial score (nSPS) is 16.5. The number of nitrogens with zero attached hydrogens (tertiary/aromatic N) is 6. The number of carbonyl (C=O) groups is 1. The molecular weight excluding hydrogens is 484 g/mol. The third-order valence-electron chi connectivity index (χ3n) is 6.31. The van der Waals surface area contributed by atoms with Crippen LogP contribution in [0.4, 0.5) is 14.5 Å². The van der Waals surface area contributed by atoms with Crippen molar-refractivity contribution in [3.05, 3.63) is 55.0 Å². The SMILES string of the molecule is CN1CCC[C@@H]1Cn1cc(NC(=O)C(=CN)c2ncccn2)c(-c2cc3cn[nH]c3cc2OC(F)F)n1. The molecule has 4 aromatic rings. The van der Waals surface area contributed by atoms with Crippen molar-refractivity contribution >= 4 is 28.1 Å². The molecule has 1 aliphatic rings. The van der Waals surface area contributed by atoms with Gasteiger partial charge < -0.3 is 20.7 Å². The monoisotopic (exact) mass is 509 g/mol. The lowest BCUT2D eigenvalue weighted by molar-refractivity contribution is -0.111. The third-order valence-corrected chi connectivity index (χ3v) is 6.31. The molecule has 37 heavy (non-hydrogen) atoms. The van der Waals surface area contributed by atoms with E-state index in [1.54, 1.807) is 29.2 Å². The van der Waals surface area contributed by atoms with Crippen molar-refractivity contribution < 1.29 is 18.3 Å². The molecule has 13 heteroatoms. The molecule has 0 radical (unpaired) electrons. The molecule has 5 rings (SSSR count). The second-order valence-corrected chi connectivity index (χ2v) is 8.68. The number of alkyl halides is 2. The molecule has 1 saturated heterocycles. The van der Waals surface area contributed by atoms with Gasteiger partial charge in [-0.1, -0.05) is 0 Å². The lowest BCUT2D eigenvalue weighted by atomic mass is 10.1. The molecule has 192 valence electrons. The van der Waals surface area contributed by atoms with E-state index >= 15 is 0 Å². The predicted octanol–water partition coefficient (Wildman–Crippen LogP) is 2.85. The van der Waals surface area contributed by atoms with Gasteiger partial charge in [0.1, 0.15) is 11.4 Å². The Morgan fingerprint density at radius 2 is 2.16 bits per heavy atom. The molecule has 1 aromatic carbocycles. The average Bonchev–Trinajstić information content (AvgIpc) is 3.60. The summed E-state index contributed by atoms with van der Waals surface area (Å²) in [4.78, 5) is 23.6. The summed E-state index contributed by atoms with van der Waals surface area (Å²) < 4.78 is 33.2. The molecule has 1 fully saturated rings. The summed E-state index contributed by atoms with van der Waals surface area (Å²) in [5.41, 5.74) is 7.12. The van der Waals surface area contributed by atoms with Gasteiger partial charge in [-0.15, -0.1) is 0 Å². The van der Waals surface area contributed by atoms with E-state index in [2.05, 4.69) is 35.5 Å². The molecular formula is C24H25F2N9O2. The van der Waals surface area contributed by atoms with Gasteiger partial charge in [-0.2, -0.15) is 19.0 Å². The first-order chi connectivity index (χ1) is 17.9. The fraction of sp³-hybridized carbons (Fsp3) is 0.292. The zero-order valence-electron chi connectivity index (χ0n) is 19.9. The highest BCUT2D eigenvalue weighted by atomic mass is 19.3. The Hall–Kier alpha value is -4.39. The third kappa shape index (κ3) is 5.11. The Balaban J connectivity index is 1.57. The number of likely N-dealkylation sites (tertiary alicyclic amines) is 1. The molecule has 0 saturated carbocycles. The Morgan fingerprint density at radius 1 is 1.35 bits per heavy atom. The Labute approximate surface area is 210 Å². The van der Waals surface area contributed by atoms with Gasteiger partial charge in [0.2, 0.25) is 0 Å². The van der Waals surface area contributed by atoms with Crippen LogP contribution in [0.25, 0.3) is 27.7 Å². The van der Waals surface area contributed by atoms with Crippen molar-refractivity contribution in [1.29, 1.82) is 0 Å². The van der Waals surface area contributed by atoms with Gasteiger partial charge in [-0.3, -0.25) is 14.6 Å². The molecule has 0 unspecified atom stereocenters. The Morgan fingerprint density at radius 3 is 2.86 bits per heavy atom. The van der Waals surface area contributed by atoms with E-state index in [0.29, 0.717) is 23.1 Å². The summed E-state index contributed by atoms with van der Waals surface area (Å²) in [5, 5.41) is 14.9. The van der Waals surface area contributed by atoms with Crippen molar-refractivity contribution in [3.8, 4) is 17.0 Å². The van der Waals surface area contributed by atoms with Crippen LogP contribution in [-0.4, -0.2) is 67.0 Å².